The van der Waals surface area contributed by atoms with Crippen molar-refractivity contribution in [2.24, 2.45) is 5.73 Å². The number of rotatable bonds is 1. The highest BCUT2D eigenvalue weighted by Crippen LogP contribution is 2.20. The fourth-order valence-electron chi connectivity index (χ4n) is 1.41. The molecule has 1 heterocycles. The van der Waals surface area contributed by atoms with Crippen LogP contribution in [0.25, 0.3) is 0 Å². The Morgan fingerprint density at radius 1 is 1.67 bits per heavy atom. The Kier molecular flexibility index (Phi) is 1.78. The zero-order valence-electron chi connectivity index (χ0n) is 6.28. The van der Waals surface area contributed by atoms with Crippen molar-refractivity contribution in [3.05, 3.63) is 0 Å². The van der Waals surface area contributed by atoms with Gasteiger partial charge in [0.2, 0.25) is 0 Å². The molecule has 1 rings (SSSR count). The van der Waals surface area contributed by atoms with Crippen molar-refractivity contribution in [2.75, 3.05) is 6.54 Å². The predicted molar refractivity (Wildman–Crippen MR) is 39.3 cm³/mol. The molecule has 54 valence electrons. The highest BCUT2D eigenvalue weighted by Gasteiger charge is 2.28. The number of nitrogens with one attached hydrogen (secondary N) is 1. The highest BCUT2D eigenvalue weighted by molar-refractivity contribution is 4.90. The molecule has 1 fully saturated rings. The van der Waals surface area contributed by atoms with E-state index in [2.05, 4.69) is 19.2 Å². The average molecular weight is 128 g/mol. The van der Waals surface area contributed by atoms with Crippen molar-refractivity contribution in [1.29, 1.82) is 0 Å². The number of hydrogen-bond acceptors (Lipinski definition) is 2. The van der Waals surface area contributed by atoms with Crippen molar-refractivity contribution in [2.45, 2.75) is 38.3 Å². The third-order valence-electron chi connectivity index (χ3n) is 2.00. The lowest BCUT2D eigenvalue weighted by molar-refractivity contribution is 0.430. The van der Waals surface area contributed by atoms with Crippen LogP contribution < -0.4 is 11.1 Å². The standard InChI is InChI=1S/C7H16N2/c1-7(2)4-3-6(5-8)9-7/h6,9H,3-5,8H2,1-2H3/t6-/m1/s1. The largest absolute Gasteiger partial charge is 0.329 e. The van der Waals surface area contributed by atoms with Crippen LogP contribution in [0.15, 0.2) is 0 Å². The van der Waals surface area contributed by atoms with Gasteiger partial charge in [-0.2, -0.15) is 0 Å². The Bertz CT molecular complexity index is 99.1. The molecule has 0 aromatic rings. The quantitative estimate of drug-likeness (QED) is 0.539. The van der Waals surface area contributed by atoms with Gasteiger partial charge in [-0.15, -0.1) is 0 Å². The van der Waals surface area contributed by atoms with Crippen LogP contribution in [0.5, 0.6) is 0 Å². The molecule has 2 heteroatoms. The van der Waals surface area contributed by atoms with Crippen LogP contribution in [0.1, 0.15) is 26.7 Å². The van der Waals surface area contributed by atoms with Crippen molar-refractivity contribution >= 4 is 0 Å². The lowest BCUT2D eigenvalue weighted by Crippen LogP contribution is -2.40. The predicted octanol–water partition coefficient (Wildman–Crippen LogP) is 0.476. The molecule has 0 aromatic heterocycles. The molecule has 0 spiro atoms. The Balaban J connectivity index is 2.38. The second-order valence-electron chi connectivity index (χ2n) is 3.50. The number of nitrogens with two attached hydrogens (primary N) is 1. The van der Waals surface area contributed by atoms with E-state index in [0.717, 1.165) is 6.54 Å². The van der Waals surface area contributed by atoms with Gasteiger partial charge in [0.1, 0.15) is 0 Å². The molecule has 0 aromatic carbocycles. The smallest absolute Gasteiger partial charge is 0.0195 e. The maximum Gasteiger partial charge on any atom is 0.0195 e. The molecule has 2 nitrogen and oxygen atoms in total. The molecule has 0 amide bonds. The summed E-state index contributed by atoms with van der Waals surface area (Å²) in [6.45, 7) is 5.23. The van der Waals surface area contributed by atoms with Gasteiger partial charge in [0.15, 0.2) is 0 Å². The van der Waals surface area contributed by atoms with Crippen molar-refractivity contribution in [3.63, 3.8) is 0 Å². The molecular formula is C7H16N2. The zero-order valence-corrected chi connectivity index (χ0v) is 6.28. The fraction of sp³-hybridized carbons (Fsp3) is 1.00. The van der Waals surface area contributed by atoms with Gasteiger partial charge < -0.3 is 11.1 Å². The summed E-state index contributed by atoms with van der Waals surface area (Å²) in [6.07, 6.45) is 2.50. The second-order valence-corrected chi connectivity index (χ2v) is 3.50. The monoisotopic (exact) mass is 128 g/mol. The van der Waals surface area contributed by atoms with E-state index in [1.807, 2.05) is 0 Å². The molecule has 1 saturated heterocycles. The van der Waals surface area contributed by atoms with Gasteiger partial charge in [0, 0.05) is 18.1 Å². The first-order chi connectivity index (χ1) is 4.14. The Morgan fingerprint density at radius 3 is 2.56 bits per heavy atom. The van der Waals surface area contributed by atoms with Gasteiger partial charge in [-0.3, -0.25) is 0 Å². The third kappa shape index (κ3) is 1.66. The van der Waals surface area contributed by atoms with E-state index in [1.165, 1.54) is 12.8 Å². The highest BCUT2D eigenvalue weighted by atomic mass is 15.0. The van der Waals surface area contributed by atoms with Crippen molar-refractivity contribution in [3.8, 4) is 0 Å². The Morgan fingerprint density at radius 2 is 2.33 bits per heavy atom. The van der Waals surface area contributed by atoms with Crippen LogP contribution in [0.2, 0.25) is 0 Å². The van der Waals surface area contributed by atoms with E-state index < -0.39 is 0 Å². The van der Waals surface area contributed by atoms with Crippen LogP contribution in [-0.4, -0.2) is 18.1 Å². The van der Waals surface area contributed by atoms with Crippen molar-refractivity contribution < 1.29 is 0 Å². The minimum atomic E-state index is 0.337. The maximum atomic E-state index is 5.49. The number of hydrogen-bond donors (Lipinski definition) is 2. The second kappa shape index (κ2) is 2.27. The van der Waals surface area contributed by atoms with Crippen LogP contribution in [-0.2, 0) is 0 Å². The van der Waals surface area contributed by atoms with Gasteiger partial charge in [-0.05, 0) is 26.7 Å². The van der Waals surface area contributed by atoms with Crippen LogP contribution in [0.4, 0.5) is 0 Å². The topological polar surface area (TPSA) is 38.0 Å². The van der Waals surface area contributed by atoms with Gasteiger partial charge in [0.05, 0.1) is 0 Å². The van der Waals surface area contributed by atoms with Gasteiger partial charge >= 0.3 is 0 Å². The molecule has 0 radical (unpaired) electrons. The first-order valence-electron chi connectivity index (χ1n) is 3.62. The summed E-state index contributed by atoms with van der Waals surface area (Å²) in [4.78, 5) is 0. The van der Waals surface area contributed by atoms with E-state index in [0.29, 0.717) is 11.6 Å². The third-order valence-corrected chi connectivity index (χ3v) is 2.00. The molecule has 1 aliphatic heterocycles. The van der Waals surface area contributed by atoms with E-state index in [9.17, 15) is 0 Å². The van der Waals surface area contributed by atoms with E-state index >= 15 is 0 Å². The maximum absolute atomic E-state index is 5.49. The first-order valence-corrected chi connectivity index (χ1v) is 3.62. The minimum Gasteiger partial charge on any atom is -0.329 e. The summed E-state index contributed by atoms with van der Waals surface area (Å²) in [7, 11) is 0. The lowest BCUT2D eigenvalue weighted by atomic mass is 10.0. The minimum absolute atomic E-state index is 0.337. The molecule has 0 saturated carbocycles. The van der Waals surface area contributed by atoms with E-state index in [-0.39, 0.29) is 0 Å². The summed E-state index contributed by atoms with van der Waals surface area (Å²) >= 11 is 0. The Labute approximate surface area is 56.8 Å². The van der Waals surface area contributed by atoms with Crippen LogP contribution >= 0.6 is 0 Å². The zero-order chi connectivity index (χ0) is 6.91. The van der Waals surface area contributed by atoms with Crippen LogP contribution in [0.3, 0.4) is 0 Å². The first kappa shape index (κ1) is 7.03. The summed E-state index contributed by atoms with van der Waals surface area (Å²) in [5.41, 5.74) is 5.83. The van der Waals surface area contributed by atoms with E-state index in [1.54, 1.807) is 0 Å². The summed E-state index contributed by atoms with van der Waals surface area (Å²) in [5, 5.41) is 3.45. The molecule has 0 bridgehead atoms. The van der Waals surface area contributed by atoms with Gasteiger partial charge in [-0.25, -0.2) is 0 Å². The normalized spacial score (nSPS) is 33.0. The van der Waals surface area contributed by atoms with E-state index in [4.69, 9.17) is 5.73 Å². The SMILES string of the molecule is CC1(C)CC[C@H](CN)N1. The fourth-order valence-corrected chi connectivity index (χ4v) is 1.41. The average Bonchev–Trinajstić information content (AvgIpc) is 2.10. The van der Waals surface area contributed by atoms with Crippen molar-refractivity contribution in [1.82, 2.24) is 5.32 Å². The molecule has 0 unspecified atom stereocenters. The molecule has 9 heavy (non-hydrogen) atoms. The molecule has 1 aliphatic rings. The summed E-state index contributed by atoms with van der Waals surface area (Å²) in [6, 6.07) is 0.569. The lowest BCUT2D eigenvalue weighted by Gasteiger charge is -2.18. The Hall–Kier alpha value is -0.0800. The summed E-state index contributed by atoms with van der Waals surface area (Å²) < 4.78 is 0. The summed E-state index contributed by atoms with van der Waals surface area (Å²) in [5.74, 6) is 0. The van der Waals surface area contributed by atoms with Gasteiger partial charge in [0.25, 0.3) is 0 Å². The van der Waals surface area contributed by atoms with Gasteiger partial charge in [-0.1, -0.05) is 0 Å². The molecule has 1 atom stereocenters. The van der Waals surface area contributed by atoms with Crippen LogP contribution in [0, 0.1) is 0 Å². The molecule has 3 N–H and O–H groups in total. The molecule has 0 aliphatic carbocycles. The molecular weight excluding hydrogens is 112 g/mol.